The maximum atomic E-state index is 14.9. The molecule has 9 heteroatoms. The molecule has 0 aliphatic carbocycles. The molecule has 4 aromatic rings. The number of aromatic nitrogens is 1. The number of carbonyl (C=O) groups is 2. The minimum atomic E-state index is -0.936. The van der Waals surface area contributed by atoms with Crippen molar-refractivity contribution in [2.75, 3.05) is 19.0 Å². The zero-order chi connectivity index (χ0) is 29.9. The molecular formula is C33H34FN3O5. The number of methoxy groups -OCH3 is 1. The van der Waals surface area contributed by atoms with Crippen LogP contribution >= 0.6 is 0 Å². The van der Waals surface area contributed by atoms with Crippen molar-refractivity contribution in [3.8, 4) is 11.6 Å². The van der Waals surface area contributed by atoms with Gasteiger partial charge >= 0.3 is 0 Å². The van der Waals surface area contributed by atoms with Crippen molar-refractivity contribution in [1.29, 1.82) is 0 Å². The molecule has 8 nitrogen and oxygen atoms in total. The van der Waals surface area contributed by atoms with E-state index in [-0.39, 0.29) is 23.6 Å². The number of hydrogen-bond acceptors (Lipinski definition) is 6. The number of benzene rings is 3. The zero-order valence-electron chi connectivity index (χ0n) is 24.1. The zero-order valence-corrected chi connectivity index (χ0v) is 24.1. The highest BCUT2D eigenvalue weighted by Gasteiger charge is 2.36. The summed E-state index contributed by atoms with van der Waals surface area (Å²) in [5.74, 6) is 0.101. The van der Waals surface area contributed by atoms with Crippen molar-refractivity contribution in [2.24, 2.45) is 0 Å². The van der Waals surface area contributed by atoms with Crippen LogP contribution in [0.25, 0.3) is 0 Å². The highest BCUT2D eigenvalue weighted by Crippen LogP contribution is 2.34. The van der Waals surface area contributed by atoms with Crippen molar-refractivity contribution in [2.45, 2.75) is 51.7 Å². The van der Waals surface area contributed by atoms with E-state index in [0.29, 0.717) is 47.9 Å². The molecule has 1 N–H and O–H groups in total. The Balaban J connectivity index is 1.35. The largest absolute Gasteiger partial charge is 0.497 e. The van der Waals surface area contributed by atoms with Gasteiger partial charge in [-0.2, -0.15) is 0 Å². The normalized spacial score (nSPS) is 14.7. The van der Waals surface area contributed by atoms with Gasteiger partial charge in [-0.05, 0) is 63.5 Å². The predicted molar refractivity (Wildman–Crippen MR) is 156 cm³/mol. The number of anilines is 1. The number of ether oxygens (including phenoxy) is 2. The van der Waals surface area contributed by atoms with Gasteiger partial charge in [0.15, 0.2) is 0 Å². The quantitative estimate of drug-likeness (QED) is 0.279. The summed E-state index contributed by atoms with van der Waals surface area (Å²) >= 11 is 0. The number of rotatable bonds is 8. The average molecular weight is 572 g/mol. The minimum absolute atomic E-state index is 0.105. The summed E-state index contributed by atoms with van der Waals surface area (Å²) in [5, 5.41) is 6.76. The highest BCUT2D eigenvalue weighted by molar-refractivity contribution is 5.98. The average Bonchev–Trinajstić information content (AvgIpc) is 3.42. The number of amides is 2. The van der Waals surface area contributed by atoms with Crippen molar-refractivity contribution in [3.63, 3.8) is 0 Å². The topological polar surface area (TPSA) is 93.9 Å². The van der Waals surface area contributed by atoms with Crippen molar-refractivity contribution in [1.82, 2.24) is 10.1 Å². The van der Waals surface area contributed by atoms with Gasteiger partial charge in [0.05, 0.1) is 13.5 Å². The molecule has 0 saturated carbocycles. The fourth-order valence-corrected chi connectivity index (χ4v) is 5.12. The summed E-state index contributed by atoms with van der Waals surface area (Å²) in [5.41, 5.74) is 3.04. The Kier molecular flexibility index (Phi) is 8.29. The van der Waals surface area contributed by atoms with Crippen LogP contribution in [0.2, 0.25) is 0 Å². The third-order valence-electron chi connectivity index (χ3n) is 7.28. The Morgan fingerprint density at radius 2 is 1.86 bits per heavy atom. The second-order valence-electron chi connectivity index (χ2n) is 11.3. The van der Waals surface area contributed by atoms with Crippen LogP contribution in [0, 0.1) is 5.82 Å². The fourth-order valence-electron chi connectivity index (χ4n) is 5.12. The number of fused-ring (bicyclic) bond motifs is 1. The van der Waals surface area contributed by atoms with E-state index >= 15 is 0 Å². The first-order chi connectivity index (χ1) is 20.1. The van der Waals surface area contributed by atoms with E-state index in [4.69, 9.17) is 14.0 Å². The lowest BCUT2D eigenvalue weighted by molar-refractivity contribution is -0.139. The van der Waals surface area contributed by atoms with Gasteiger partial charge in [0.25, 0.3) is 11.8 Å². The molecule has 1 aliphatic rings. The van der Waals surface area contributed by atoms with Crippen LogP contribution in [0.1, 0.15) is 54.8 Å². The number of hydrogen-bond donors (Lipinski definition) is 1. The molecule has 2 amide bonds. The van der Waals surface area contributed by atoms with Crippen LogP contribution < -0.4 is 14.8 Å². The molecule has 0 fully saturated rings. The van der Waals surface area contributed by atoms with Gasteiger partial charge in [0.1, 0.15) is 30.0 Å². The first-order valence-corrected chi connectivity index (χ1v) is 13.8. The number of nitrogens with zero attached hydrogens (tertiary/aromatic N) is 2. The summed E-state index contributed by atoms with van der Waals surface area (Å²) in [6.07, 6.45) is 0.435. The lowest BCUT2D eigenvalue weighted by Crippen LogP contribution is -2.46. The van der Waals surface area contributed by atoms with Gasteiger partial charge < -0.3 is 24.2 Å². The van der Waals surface area contributed by atoms with Crippen molar-refractivity contribution >= 4 is 17.5 Å². The molecule has 5 rings (SSSR count). The van der Waals surface area contributed by atoms with Gasteiger partial charge in [0, 0.05) is 18.3 Å². The van der Waals surface area contributed by atoms with Crippen LogP contribution in [0.15, 0.2) is 77.3 Å². The van der Waals surface area contributed by atoms with Crippen LogP contribution in [0.4, 0.5) is 10.1 Å². The molecule has 0 saturated heterocycles. The first-order valence-electron chi connectivity index (χ1n) is 13.8. The van der Waals surface area contributed by atoms with Crippen molar-refractivity contribution in [3.05, 3.63) is 107 Å². The second-order valence-corrected chi connectivity index (χ2v) is 11.3. The molecule has 0 unspecified atom stereocenters. The third-order valence-corrected chi connectivity index (χ3v) is 7.28. The van der Waals surface area contributed by atoms with Crippen LogP contribution in [-0.2, 0) is 34.5 Å². The Bertz CT molecular complexity index is 1580. The van der Waals surface area contributed by atoms with E-state index in [2.05, 4.69) is 10.5 Å². The van der Waals surface area contributed by atoms with Gasteiger partial charge in [-0.1, -0.05) is 63.2 Å². The molecule has 2 heterocycles. The Morgan fingerprint density at radius 1 is 1.07 bits per heavy atom. The Labute approximate surface area is 244 Å². The fraction of sp³-hybridized carbons (Fsp3) is 0.303. The molecular weight excluding hydrogens is 537 g/mol. The van der Waals surface area contributed by atoms with Gasteiger partial charge in [-0.3, -0.25) is 9.59 Å². The van der Waals surface area contributed by atoms with Gasteiger partial charge in [0.2, 0.25) is 5.91 Å². The molecule has 3 aromatic carbocycles. The van der Waals surface area contributed by atoms with E-state index in [0.717, 1.165) is 11.1 Å². The second kappa shape index (κ2) is 12.1. The van der Waals surface area contributed by atoms with Gasteiger partial charge in [-0.15, -0.1) is 0 Å². The van der Waals surface area contributed by atoms with Crippen LogP contribution in [0.3, 0.4) is 0 Å². The van der Waals surface area contributed by atoms with E-state index < -0.39 is 17.8 Å². The summed E-state index contributed by atoms with van der Waals surface area (Å²) < 4.78 is 31.4. The maximum absolute atomic E-state index is 14.9. The smallest absolute Gasteiger partial charge is 0.254 e. The molecule has 0 radical (unpaired) electrons. The van der Waals surface area contributed by atoms with E-state index in [1.165, 1.54) is 11.0 Å². The predicted octanol–water partition coefficient (Wildman–Crippen LogP) is 6.01. The molecule has 1 aliphatic heterocycles. The Morgan fingerprint density at radius 3 is 2.57 bits per heavy atom. The summed E-state index contributed by atoms with van der Waals surface area (Å²) in [6, 6.07) is 20.4. The molecule has 1 atom stereocenters. The SMILES string of the molecule is COc1ccc2c(c1)CCN(C(=O)Cc1cc(OCc3ccccc3)no1)[C@H]2C(=O)Nc1ccc(C(C)(C)C)c(F)c1. The molecule has 0 bridgehead atoms. The lowest BCUT2D eigenvalue weighted by Gasteiger charge is -2.36. The van der Waals surface area contributed by atoms with E-state index in [9.17, 15) is 14.0 Å². The summed E-state index contributed by atoms with van der Waals surface area (Å²) in [6.45, 7) is 6.39. The Hall–Kier alpha value is -4.66. The third kappa shape index (κ3) is 6.46. The van der Waals surface area contributed by atoms with Crippen molar-refractivity contribution < 1.29 is 28.0 Å². The number of nitrogens with one attached hydrogen (secondary N) is 1. The van der Waals surface area contributed by atoms with Crippen LogP contribution in [0.5, 0.6) is 11.6 Å². The standard InChI is InChI=1S/C33H34FN3O5/c1-33(2,3)27-13-10-23(17-28(27)34)35-32(39)31-26-12-11-24(40-4)16-22(26)14-15-37(31)30(38)19-25-18-29(36-42-25)41-20-21-8-6-5-7-9-21/h5-13,16-18,31H,14-15,19-20H2,1-4H3,(H,35,39)/t31-/m1/s1. The van der Waals surface area contributed by atoms with Gasteiger partial charge in [-0.25, -0.2) is 4.39 Å². The van der Waals surface area contributed by atoms with E-state index in [1.807, 2.05) is 57.2 Å². The van der Waals surface area contributed by atoms with Crippen LogP contribution in [-0.4, -0.2) is 35.5 Å². The maximum Gasteiger partial charge on any atom is 0.254 e. The monoisotopic (exact) mass is 571 g/mol. The molecule has 42 heavy (non-hydrogen) atoms. The first kappa shape index (κ1) is 28.9. The molecule has 1 aromatic heterocycles. The van der Waals surface area contributed by atoms with E-state index in [1.54, 1.807) is 37.4 Å². The summed E-state index contributed by atoms with van der Waals surface area (Å²) in [4.78, 5) is 28.9. The lowest BCUT2D eigenvalue weighted by atomic mass is 9.86. The minimum Gasteiger partial charge on any atom is -0.497 e. The highest BCUT2D eigenvalue weighted by atomic mass is 19.1. The number of carbonyl (C=O) groups excluding carboxylic acids is 2. The molecule has 0 spiro atoms. The number of halogens is 1. The summed E-state index contributed by atoms with van der Waals surface area (Å²) in [7, 11) is 1.58. The molecule has 218 valence electrons.